The predicted octanol–water partition coefficient (Wildman–Crippen LogP) is 2.47. The van der Waals surface area contributed by atoms with Crippen LogP contribution in [-0.2, 0) is 11.3 Å². The second kappa shape index (κ2) is 7.50. The predicted molar refractivity (Wildman–Crippen MR) is 90.5 cm³/mol. The molecule has 2 aromatic heterocycles. The van der Waals surface area contributed by atoms with Gasteiger partial charge in [0.1, 0.15) is 5.69 Å². The Morgan fingerprint density at radius 2 is 1.92 bits per heavy atom. The summed E-state index contributed by atoms with van der Waals surface area (Å²) in [7, 11) is 0. The van der Waals surface area contributed by atoms with Crippen molar-refractivity contribution in [2.75, 3.05) is 0 Å². The average molecular weight is 321 g/mol. The molecule has 0 radical (unpaired) electrons. The molecule has 1 amide bonds. The van der Waals surface area contributed by atoms with Crippen LogP contribution in [0.5, 0.6) is 0 Å². The van der Waals surface area contributed by atoms with Crippen molar-refractivity contribution in [3.63, 3.8) is 0 Å². The molecule has 0 aliphatic heterocycles. The van der Waals surface area contributed by atoms with Gasteiger partial charge in [-0.05, 0) is 24.1 Å². The third-order valence-corrected chi connectivity index (χ3v) is 3.84. The molecule has 2 heterocycles. The summed E-state index contributed by atoms with van der Waals surface area (Å²) >= 11 is 0. The van der Waals surface area contributed by atoms with E-state index in [0.29, 0.717) is 12.2 Å². The van der Waals surface area contributed by atoms with Crippen molar-refractivity contribution in [2.24, 2.45) is 0 Å². The molecular weight excluding hydrogens is 302 g/mol. The van der Waals surface area contributed by atoms with E-state index in [2.05, 4.69) is 20.6 Å². The van der Waals surface area contributed by atoms with Gasteiger partial charge in [0.05, 0.1) is 24.3 Å². The second-order valence-corrected chi connectivity index (χ2v) is 5.45. The lowest BCUT2D eigenvalue weighted by molar-refractivity contribution is -0.122. The highest BCUT2D eigenvalue weighted by Crippen LogP contribution is 2.19. The van der Waals surface area contributed by atoms with Crippen molar-refractivity contribution in [3.8, 4) is 5.69 Å². The Bertz CT molecular complexity index is 785. The maximum absolute atomic E-state index is 12.5. The van der Waals surface area contributed by atoms with E-state index in [4.69, 9.17) is 0 Å². The summed E-state index contributed by atoms with van der Waals surface area (Å²) in [4.78, 5) is 16.4. The Hall–Kier alpha value is -3.02. The Morgan fingerprint density at radius 3 is 2.62 bits per heavy atom. The van der Waals surface area contributed by atoms with E-state index in [0.717, 1.165) is 17.7 Å². The van der Waals surface area contributed by atoms with Crippen LogP contribution in [0.4, 0.5) is 0 Å². The number of rotatable bonds is 6. The fourth-order valence-corrected chi connectivity index (χ4v) is 2.56. The fourth-order valence-electron chi connectivity index (χ4n) is 2.56. The first-order valence-corrected chi connectivity index (χ1v) is 7.92. The Labute approximate surface area is 140 Å². The van der Waals surface area contributed by atoms with Gasteiger partial charge in [0.15, 0.2) is 0 Å². The first-order chi connectivity index (χ1) is 11.8. The van der Waals surface area contributed by atoms with Crippen molar-refractivity contribution < 1.29 is 4.79 Å². The molecule has 1 unspecified atom stereocenters. The lowest BCUT2D eigenvalue weighted by Crippen LogP contribution is -2.28. The van der Waals surface area contributed by atoms with E-state index in [-0.39, 0.29) is 11.8 Å². The summed E-state index contributed by atoms with van der Waals surface area (Å²) in [5, 5.41) is 11.1. The van der Waals surface area contributed by atoms with Crippen LogP contribution in [0, 0.1) is 0 Å². The molecule has 3 aromatic rings. The number of hydrogen-bond donors (Lipinski definition) is 1. The number of hydrogen-bond acceptors (Lipinski definition) is 4. The van der Waals surface area contributed by atoms with Crippen LogP contribution in [0.2, 0.25) is 0 Å². The van der Waals surface area contributed by atoms with Crippen molar-refractivity contribution in [1.82, 2.24) is 25.3 Å². The third kappa shape index (κ3) is 3.65. The monoisotopic (exact) mass is 321 g/mol. The number of benzene rings is 1. The Morgan fingerprint density at radius 1 is 1.17 bits per heavy atom. The zero-order valence-corrected chi connectivity index (χ0v) is 13.5. The molecule has 0 fully saturated rings. The number of aromatic nitrogens is 4. The standard InChI is InChI=1S/C18H19N5O/c1-2-17(14-6-4-3-5-7-14)18(24)20-12-15-13-23(22-21-15)16-8-10-19-11-9-16/h3-11,13,17H,2,12H2,1H3,(H,20,24). The Kier molecular flexibility index (Phi) is 4.96. The van der Waals surface area contributed by atoms with Crippen molar-refractivity contribution in [1.29, 1.82) is 0 Å². The average Bonchev–Trinajstić information content (AvgIpc) is 3.11. The molecule has 0 aliphatic rings. The number of pyridine rings is 1. The van der Waals surface area contributed by atoms with Crippen LogP contribution in [0.3, 0.4) is 0 Å². The van der Waals surface area contributed by atoms with Gasteiger partial charge < -0.3 is 5.32 Å². The summed E-state index contributed by atoms with van der Waals surface area (Å²) in [6, 6.07) is 13.5. The minimum Gasteiger partial charge on any atom is -0.350 e. The van der Waals surface area contributed by atoms with Gasteiger partial charge in [0.2, 0.25) is 5.91 Å². The molecule has 6 heteroatoms. The Balaban J connectivity index is 1.63. The van der Waals surface area contributed by atoms with E-state index in [1.54, 1.807) is 23.3 Å². The maximum Gasteiger partial charge on any atom is 0.227 e. The van der Waals surface area contributed by atoms with Crippen LogP contribution in [-0.4, -0.2) is 25.9 Å². The molecule has 0 bridgehead atoms. The molecule has 0 aliphatic carbocycles. The van der Waals surface area contributed by atoms with E-state index in [9.17, 15) is 4.79 Å². The fraction of sp³-hybridized carbons (Fsp3) is 0.222. The highest BCUT2D eigenvalue weighted by Gasteiger charge is 2.18. The second-order valence-electron chi connectivity index (χ2n) is 5.45. The van der Waals surface area contributed by atoms with Crippen LogP contribution >= 0.6 is 0 Å². The van der Waals surface area contributed by atoms with E-state index in [1.165, 1.54) is 0 Å². The normalized spacial score (nSPS) is 11.9. The molecule has 1 N–H and O–H groups in total. The topological polar surface area (TPSA) is 72.7 Å². The molecule has 1 aromatic carbocycles. The van der Waals surface area contributed by atoms with Gasteiger partial charge in [-0.15, -0.1) is 5.10 Å². The van der Waals surface area contributed by atoms with E-state index < -0.39 is 0 Å². The number of amides is 1. The molecule has 0 saturated heterocycles. The van der Waals surface area contributed by atoms with Crippen LogP contribution in [0.1, 0.15) is 30.5 Å². The highest BCUT2D eigenvalue weighted by molar-refractivity contribution is 5.83. The van der Waals surface area contributed by atoms with E-state index >= 15 is 0 Å². The van der Waals surface area contributed by atoms with Gasteiger partial charge >= 0.3 is 0 Å². The van der Waals surface area contributed by atoms with Gasteiger partial charge in [-0.1, -0.05) is 42.5 Å². The summed E-state index contributed by atoms with van der Waals surface area (Å²) in [6.45, 7) is 2.37. The van der Waals surface area contributed by atoms with Gasteiger partial charge in [0.25, 0.3) is 0 Å². The number of carbonyl (C=O) groups is 1. The zero-order chi connectivity index (χ0) is 16.8. The molecule has 122 valence electrons. The zero-order valence-electron chi connectivity index (χ0n) is 13.5. The molecule has 3 rings (SSSR count). The summed E-state index contributed by atoms with van der Waals surface area (Å²) in [5.74, 6) is -0.149. The van der Waals surface area contributed by atoms with Crippen LogP contribution < -0.4 is 5.32 Å². The number of nitrogens with zero attached hydrogens (tertiary/aromatic N) is 4. The van der Waals surface area contributed by atoms with Crippen molar-refractivity contribution in [2.45, 2.75) is 25.8 Å². The summed E-state index contributed by atoms with van der Waals surface area (Å²) < 4.78 is 1.66. The number of carbonyl (C=O) groups excluding carboxylic acids is 1. The molecule has 24 heavy (non-hydrogen) atoms. The lowest BCUT2D eigenvalue weighted by atomic mass is 9.96. The summed E-state index contributed by atoms with van der Waals surface area (Å²) in [6.07, 6.45) is 5.95. The third-order valence-electron chi connectivity index (χ3n) is 3.84. The first-order valence-electron chi connectivity index (χ1n) is 7.92. The molecule has 1 atom stereocenters. The number of nitrogens with one attached hydrogen (secondary N) is 1. The van der Waals surface area contributed by atoms with Crippen LogP contribution in [0.15, 0.2) is 61.1 Å². The van der Waals surface area contributed by atoms with E-state index in [1.807, 2.05) is 49.4 Å². The van der Waals surface area contributed by atoms with Gasteiger partial charge in [0, 0.05) is 12.4 Å². The van der Waals surface area contributed by atoms with Crippen molar-refractivity contribution in [3.05, 3.63) is 72.3 Å². The van der Waals surface area contributed by atoms with Gasteiger partial charge in [-0.2, -0.15) is 0 Å². The van der Waals surface area contributed by atoms with Crippen molar-refractivity contribution >= 4 is 5.91 Å². The quantitative estimate of drug-likeness (QED) is 0.757. The first kappa shape index (κ1) is 15.9. The van der Waals surface area contributed by atoms with Gasteiger partial charge in [-0.25, -0.2) is 4.68 Å². The smallest absolute Gasteiger partial charge is 0.227 e. The largest absolute Gasteiger partial charge is 0.350 e. The highest BCUT2D eigenvalue weighted by atomic mass is 16.1. The minimum absolute atomic E-state index is 0.00200. The lowest BCUT2D eigenvalue weighted by Gasteiger charge is -2.14. The molecule has 0 saturated carbocycles. The molecular formula is C18H19N5O. The van der Waals surface area contributed by atoms with Gasteiger partial charge in [-0.3, -0.25) is 9.78 Å². The molecule has 6 nitrogen and oxygen atoms in total. The minimum atomic E-state index is -0.151. The van der Waals surface area contributed by atoms with Crippen LogP contribution in [0.25, 0.3) is 5.69 Å². The summed E-state index contributed by atoms with van der Waals surface area (Å²) in [5.41, 5.74) is 2.62. The maximum atomic E-state index is 12.5. The molecule has 0 spiro atoms. The SMILES string of the molecule is CCC(C(=O)NCc1cn(-c2ccncc2)nn1)c1ccccc1.